The van der Waals surface area contributed by atoms with Gasteiger partial charge in [-0.05, 0) is 25.8 Å². The first kappa shape index (κ1) is 13.8. The minimum Gasteiger partial charge on any atom is -0.362 e. The van der Waals surface area contributed by atoms with Crippen molar-refractivity contribution in [1.82, 2.24) is 9.88 Å². The number of thiazole rings is 1. The minimum atomic E-state index is 0.809. The normalized spacial score (nSPS) is 16.6. The van der Waals surface area contributed by atoms with E-state index < -0.39 is 0 Å². The van der Waals surface area contributed by atoms with Gasteiger partial charge in [-0.1, -0.05) is 26.7 Å². The van der Waals surface area contributed by atoms with E-state index in [4.69, 9.17) is 0 Å². The maximum Gasteiger partial charge on any atom is 0.182 e. The number of nitrogens with one attached hydrogen (secondary N) is 1. The highest BCUT2D eigenvalue weighted by Gasteiger charge is 2.21. The van der Waals surface area contributed by atoms with Crippen molar-refractivity contribution in [3.63, 3.8) is 0 Å². The van der Waals surface area contributed by atoms with E-state index in [1.165, 1.54) is 30.6 Å². The highest BCUT2D eigenvalue weighted by Crippen LogP contribution is 2.26. The molecule has 0 amide bonds. The lowest BCUT2D eigenvalue weighted by molar-refractivity contribution is 0.202. The van der Waals surface area contributed by atoms with Gasteiger partial charge in [0, 0.05) is 30.2 Å². The van der Waals surface area contributed by atoms with Crippen molar-refractivity contribution in [2.75, 3.05) is 18.4 Å². The van der Waals surface area contributed by atoms with Crippen molar-refractivity contribution in [2.45, 2.75) is 58.5 Å². The summed E-state index contributed by atoms with van der Waals surface area (Å²) in [7, 11) is 0. The van der Waals surface area contributed by atoms with Crippen LogP contribution in [0.5, 0.6) is 0 Å². The fourth-order valence-electron chi connectivity index (χ4n) is 2.66. The van der Waals surface area contributed by atoms with Crippen LogP contribution < -0.4 is 5.32 Å². The Labute approximate surface area is 115 Å². The molecule has 0 saturated heterocycles. The third-order valence-corrected chi connectivity index (χ3v) is 4.63. The molecule has 2 rings (SSSR count). The lowest BCUT2D eigenvalue weighted by Crippen LogP contribution is -2.32. The van der Waals surface area contributed by atoms with E-state index in [0.717, 1.165) is 37.2 Å². The van der Waals surface area contributed by atoms with Crippen LogP contribution in [0.25, 0.3) is 0 Å². The van der Waals surface area contributed by atoms with Crippen LogP contribution in [0.3, 0.4) is 0 Å². The highest BCUT2D eigenvalue weighted by molar-refractivity contribution is 7.15. The standard InChI is InChI=1S/C14H25N3S/c1-3-9-15-14-16-10-13(18-14)11-17(4-2)12-7-5-6-8-12/h10,12H,3-9,11H2,1-2H3,(H,15,16). The molecule has 4 heteroatoms. The number of hydrogen-bond donors (Lipinski definition) is 1. The topological polar surface area (TPSA) is 28.2 Å². The second-order valence-electron chi connectivity index (χ2n) is 5.06. The monoisotopic (exact) mass is 267 g/mol. The molecule has 1 heterocycles. The Kier molecular flexibility index (Phi) is 5.45. The molecule has 0 radical (unpaired) electrons. The van der Waals surface area contributed by atoms with Crippen LogP contribution in [0, 0.1) is 0 Å². The Morgan fingerprint density at radius 2 is 2.17 bits per heavy atom. The zero-order valence-corrected chi connectivity index (χ0v) is 12.4. The second-order valence-corrected chi connectivity index (χ2v) is 6.18. The molecule has 0 aromatic carbocycles. The number of rotatable bonds is 7. The molecule has 18 heavy (non-hydrogen) atoms. The second kappa shape index (κ2) is 7.10. The summed E-state index contributed by atoms with van der Waals surface area (Å²) < 4.78 is 0. The molecule has 1 N–H and O–H groups in total. The van der Waals surface area contributed by atoms with Gasteiger partial charge in [-0.25, -0.2) is 4.98 Å². The average molecular weight is 267 g/mol. The molecule has 3 nitrogen and oxygen atoms in total. The molecule has 0 unspecified atom stereocenters. The number of aromatic nitrogens is 1. The number of anilines is 1. The van der Waals surface area contributed by atoms with Gasteiger partial charge in [0.1, 0.15) is 0 Å². The van der Waals surface area contributed by atoms with Gasteiger partial charge < -0.3 is 5.32 Å². The molecule has 0 spiro atoms. The quantitative estimate of drug-likeness (QED) is 0.816. The molecule has 0 bridgehead atoms. The molecule has 0 aliphatic heterocycles. The van der Waals surface area contributed by atoms with E-state index in [1.54, 1.807) is 0 Å². The third-order valence-electron chi connectivity index (χ3n) is 3.69. The summed E-state index contributed by atoms with van der Waals surface area (Å²) in [5.41, 5.74) is 0. The molecule has 1 aromatic rings. The van der Waals surface area contributed by atoms with Gasteiger partial charge in [0.15, 0.2) is 5.13 Å². The fraction of sp³-hybridized carbons (Fsp3) is 0.786. The zero-order valence-electron chi connectivity index (χ0n) is 11.6. The Morgan fingerprint density at radius 3 is 2.83 bits per heavy atom. The van der Waals surface area contributed by atoms with Gasteiger partial charge in [0.25, 0.3) is 0 Å². The summed E-state index contributed by atoms with van der Waals surface area (Å²) in [5, 5.41) is 4.44. The molecule has 1 aliphatic carbocycles. The Bertz CT molecular complexity index is 345. The van der Waals surface area contributed by atoms with Gasteiger partial charge in [0.2, 0.25) is 0 Å². The average Bonchev–Trinajstić information content (AvgIpc) is 3.04. The van der Waals surface area contributed by atoms with Crippen molar-refractivity contribution in [3.05, 3.63) is 11.1 Å². The van der Waals surface area contributed by atoms with Gasteiger partial charge >= 0.3 is 0 Å². The van der Waals surface area contributed by atoms with Crippen molar-refractivity contribution in [2.24, 2.45) is 0 Å². The fourth-order valence-corrected chi connectivity index (χ4v) is 3.53. The van der Waals surface area contributed by atoms with Crippen LogP contribution in [-0.2, 0) is 6.54 Å². The SMILES string of the molecule is CCCNc1ncc(CN(CC)C2CCCC2)s1. The minimum absolute atomic E-state index is 0.809. The van der Waals surface area contributed by atoms with E-state index in [0.29, 0.717) is 0 Å². The summed E-state index contributed by atoms with van der Waals surface area (Å²) in [4.78, 5) is 8.45. The van der Waals surface area contributed by atoms with E-state index in [-0.39, 0.29) is 0 Å². The van der Waals surface area contributed by atoms with Crippen LogP contribution in [0.4, 0.5) is 5.13 Å². The maximum absolute atomic E-state index is 4.45. The van der Waals surface area contributed by atoms with E-state index in [9.17, 15) is 0 Å². The number of hydrogen-bond acceptors (Lipinski definition) is 4. The van der Waals surface area contributed by atoms with Crippen LogP contribution in [0.1, 0.15) is 50.8 Å². The van der Waals surface area contributed by atoms with Crippen LogP contribution in [0.2, 0.25) is 0 Å². The van der Waals surface area contributed by atoms with Gasteiger partial charge in [0.05, 0.1) is 0 Å². The van der Waals surface area contributed by atoms with Crippen LogP contribution >= 0.6 is 11.3 Å². The summed E-state index contributed by atoms with van der Waals surface area (Å²) in [6.45, 7) is 7.70. The molecule has 1 aromatic heterocycles. The van der Waals surface area contributed by atoms with Crippen molar-refractivity contribution >= 4 is 16.5 Å². The molecular formula is C14H25N3S. The van der Waals surface area contributed by atoms with Crippen molar-refractivity contribution in [3.8, 4) is 0 Å². The lowest BCUT2D eigenvalue weighted by atomic mass is 10.2. The van der Waals surface area contributed by atoms with Crippen LogP contribution in [0.15, 0.2) is 6.20 Å². The molecule has 1 aliphatic rings. The molecule has 0 atom stereocenters. The summed E-state index contributed by atoms with van der Waals surface area (Å²) in [6.07, 6.45) is 8.78. The Balaban J connectivity index is 1.88. The third kappa shape index (κ3) is 3.69. The van der Waals surface area contributed by atoms with Gasteiger partial charge in [-0.2, -0.15) is 0 Å². The summed E-state index contributed by atoms with van der Waals surface area (Å²) >= 11 is 1.81. The predicted molar refractivity (Wildman–Crippen MR) is 79.2 cm³/mol. The van der Waals surface area contributed by atoms with Crippen molar-refractivity contribution < 1.29 is 0 Å². The Hall–Kier alpha value is -0.610. The first-order valence-corrected chi connectivity index (χ1v) is 8.07. The van der Waals surface area contributed by atoms with Gasteiger partial charge in [-0.15, -0.1) is 11.3 Å². The molecule has 102 valence electrons. The van der Waals surface area contributed by atoms with Crippen molar-refractivity contribution in [1.29, 1.82) is 0 Å². The molecule has 1 saturated carbocycles. The molecule has 1 fully saturated rings. The first-order valence-electron chi connectivity index (χ1n) is 7.26. The summed E-state index contributed by atoms with van der Waals surface area (Å²) in [5.74, 6) is 0. The highest BCUT2D eigenvalue weighted by atomic mass is 32.1. The van der Waals surface area contributed by atoms with E-state index in [1.807, 2.05) is 17.5 Å². The largest absolute Gasteiger partial charge is 0.362 e. The zero-order chi connectivity index (χ0) is 12.8. The lowest BCUT2D eigenvalue weighted by Gasteiger charge is -2.26. The van der Waals surface area contributed by atoms with E-state index in [2.05, 4.69) is 29.0 Å². The first-order chi connectivity index (χ1) is 8.83. The maximum atomic E-state index is 4.45. The molecular weight excluding hydrogens is 242 g/mol. The van der Waals surface area contributed by atoms with E-state index >= 15 is 0 Å². The predicted octanol–water partition coefficient (Wildman–Crippen LogP) is 3.73. The van der Waals surface area contributed by atoms with Gasteiger partial charge in [-0.3, -0.25) is 4.90 Å². The number of nitrogens with zero attached hydrogens (tertiary/aromatic N) is 2. The van der Waals surface area contributed by atoms with Crippen LogP contribution in [-0.4, -0.2) is 29.0 Å². The smallest absolute Gasteiger partial charge is 0.182 e. The Morgan fingerprint density at radius 1 is 1.39 bits per heavy atom. The summed E-state index contributed by atoms with van der Waals surface area (Å²) in [6, 6.07) is 0.809.